The van der Waals surface area contributed by atoms with Crippen molar-refractivity contribution in [3.05, 3.63) is 47.2 Å². The molecule has 2 aromatic rings. The molecule has 1 aromatic heterocycles. The summed E-state index contributed by atoms with van der Waals surface area (Å²) in [4.78, 5) is 11.4. The number of aromatic nitrogens is 1. The van der Waals surface area contributed by atoms with Crippen LogP contribution in [0.15, 0.2) is 33.7 Å². The van der Waals surface area contributed by atoms with Gasteiger partial charge in [-0.1, -0.05) is 18.2 Å². The highest BCUT2D eigenvalue weighted by molar-refractivity contribution is 5.80. The maximum atomic E-state index is 5.77. The van der Waals surface area contributed by atoms with Gasteiger partial charge in [-0.05, 0) is 51.8 Å². The predicted octanol–water partition coefficient (Wildman–Crippen LogP) is 3.19. The summed E-state index contributed by atoms with van der Waals surface area (Å²) in [6.45, 7) is 8.60. The molecule has 7 nitrogen and oxygen atoms in total. The van der Waals surface area contributed by atoms with Crippen molar-refractivity contribution in [3.63, 3.8) is 0 Å². The third-order valence-corrected chi connectivity index (χ3v) is 6.19. The number of nitrogens with one attached hydrogen (secondary N) is 2. The molecule has 1 atom stereocenters. The molecule has 0 amide bonds. The van der Waals surface area contributed by atoms with Gasteiger partial charge in [0.2, 0.25) is 5.89 Å². The van der Waals surface area contributed by atoms with Crippen LogP contribution in [0.5, 0.6) is 5.75 Å². The van der Waals surface area contributed by atoms with E-state index in [2.05, 4.69) is 37.6 Å². The maximum absolute atomic E-state index is 5.77. The second kappa shape index (κ2) is 9.51. The zero-order valence-corrected chi connectivity index (χ0v) is 18.3. The standard InChI is InChI=1S/C23H33N5O2/c1-16-17(2)30-22(26-16)15-28-11-8-18(9-12-28)14-25-23(24-3)27-20-10-13-29-21-7-5-4-6-19(20)21/h4-7,18,20H,8-15H2,1-3H3,(H2,24,25,27). The highest BCUT2D eigenvalue weighted by Gasteiger charge is 2.24. The number of rotatable bonds is 5. The average Bonchev–Trinajstić information content (AvgIpc) is 3.09. The van der Waals surface area contributed by atoms with Gasteiger partial charge in [-0.2, -0.15) is 0 Å². The minimum absolute atomic E-state index is 0.232. The fourth-order valence-corrected chi connectivity index (χ4v) is 4.24. The van der Waals surface area contributed by atoms with E-state index in [0.29, 0.717) is 5.92 Å². The first kappa shape index (κ1) is 20.7. The smallest absolute Gasteiger partial charge is 0.208 e. The fourth-order valence-electron chi connectivity index (χ4n) is 4.24. The van der Waals surface area contributed by atoms with E-state index in [1.165, 1.54) is 18.4 Å². The van der Waals surface area contributed by atoms with Crippen LogP contribution in [0.3, 0.4) is 0 Å². The van der Waals surface area contributed by atoms with Gasteiger partial charge in [-0.25, -0.2) is 4.98 Å². The molecule has 1 aromatic carbocycles. The molecule has 0 spiro atoms. The van der Waals surface area contributed by atoms with Gasteiger partial charge < -0.3 is 19.8 Å². The van der Waals surface area contributed by atoms with E-state index >= 15 is 0 Å². The number of guanidine groups is 1. The Morgan fingerprint density at radius 3 is 2.73 bits per heavy atom. The van der Waals surface area contributed by atoms with Crippen LogP contribution in [0.4, 0.5) is 0 Å². The van der Waals surface area contributed by atoms with Crippen LogP contribution in [-0.4, -0.2) is 49.1 Å². The number of hydrogen-bond acceptors (Lipinski definition) is 5. The van der Waals surface area contributed by atoms with Gasteiger partial charge in [0, 0.05) is 25.6 Å². The topological polar surface area (TPSA) is 74.9 Å². The fraction of sp³-hybridized carbons (Fsp3) is 0.565. The molecule has 162 valence electrons. The minimum atomic E-state index is 0.232. The first-order valence-electron chi connectivity index (χ1n) is 11.0. The number of benzene rings is 1. The average molecular weight is 412 g/mol. The van der Waals surface area contributed by atoms with Gasteiger partial charge in [0.15, 0.2) is 5.96 Å². The van der Waals surface area contributed by atoms with Crippen molar-refractivity contribution in [3.8, 4) is 5.75 Å². The summed E-state index contributed by atoms with van der Waals surface area (Å²) in [6.07, 6.45) is 3.28. The number of piperidine rings is 1. The van der Waals surface area contributed by atoms with Crippen LogP contribution < -0.4 is 15.4 Å². The number of aliphatic imine (C=N–C) groups is 1. The lowest BCUT2D eigenvalue weighted by Gasteiger charge is -2.32. The number of oxazole rings is 1. The normalized spacial score (nSPS) is 20.5. The van der Waals surface area contributed by atoms with E-state index in [1.807, 2.05) is 33.0 Å². The van der Waals surface area contributed by atoms with E-state index < -0.39 is 0 Å². The van der Waals surface area contributed by atoms with Crippen LogP contribution in [0.2, 0.25) is 0 Å². The molecule has 1 fully saturated rings. The molecule has 30 heavy (non-hydrogen) atoms. The van der Waals surface area contributed by atoms with E-state index in [1.54, 1.807) is 0 Å². The highest BCUT2D eigenvalue weighted by Crippen LogP contribution is 2.31. The monoisotopic (exact) mass is 411 g/mol. The largest absolute Gasteiger partial charge is 0.493 e. The molecule has 2 aliphatic heterocycles. The summed E-state index contributed by atoms with van der Waals surface area (Å²) in [7, 11) is 1.84. The molecule has 1 saturated heterocycles. The van der Waals surface area contributed by atoms with Crippen molar-refractivity contribution < 1.29 is 9.15 Å². The van der Waals surface area contributed by atoms with E-state index in [9.17, 15) is 0 Å². The van der Waals surface area contributed by atoms with Crippen LogP contribution in [0.25, 0.3) is 0 Å². The number of aryl methyl sites for hydroxylation is 2. The third kappa shape index (κ3) is 4.95. The molecular weight excluding hydrogens is 378 g/mol. The number of fused-ring (bicyclic) bond motifs is 1. The molecule has 3 heterocycles. The van der Waals surface area contributed by atoms with Crippen LogP contribution >= 0.6 is 0 Å². The summed E-state index contributed by atoms with van der Waals surface area (Å²) >= 11 is 0. The van der Waals surface area contributed by atoms with Gasteiger partial charge >= 0.3 is 0 Å². The van der Waals surface area contributed by atoms with Crippen LogP contribution in [0, 0.1) is 19.8 Å². The van der Waals surface area contributed by atoms with E-state index in [4.69, 9.17) is 9.15 Å². The van der Waals surface area contributed by atoms with Crippen LogP contribution in [0.1, 0.15) is 48.2 Å². The Balaban J connectivity index is 1.23. The van der Waals surface area contributed by atoms with Gasteiger partial charge in [-0.3, -0.25) is 9.89 Å². The van der Waals surface area contributed by atoms with Crippen LogP contribution in [-0.2, 0) is 6.54 Å². The van der Waals surface area contributed by atoms with Gasteiger partial charge in [-0.15, -0.1) is 0 Å². The summed E-state index contributed by atoms with van der Waals surface area (Å²) in [5, 5.41) is 7.12. The lowest BCUT2D eigenvalue weighted by atomic mass is 9.97. The number of nitrogens with zero attached hydrogens (tertiary/aromatic N) is 3. The minimum Gasteiger partial charge on any atom is -0.493 e. The molecule has 4 rings (SSSR count). The van der Waals surface area contributed by atoms with Crippen molar-refractivity contribution in [1.29, 1.82) is 0 Å². The number of hydrogen-bond donors (Lipinski definition) is 2. The Morgan fingerprint density at radius 1 is 1.20 bits per heavy atom. The number of ether oxygens (including phenoxy) is 1. The van der Waals surface area contributed by atoms with Crippen molar-refractivity contribution in [2.45, 2.75) is 45.7 Å². The third-order valence-electron chi connectivity index (χ3n) is 6.19. The quantitative estimate of drug-likeness (QED) is 0.581. The van der Waals surface area contributed by atoms with Crippen molar-refractivity contribution in [2.75, 3.05) is 33.3 Å². The first-order chi connectivity index (χ1) is 14.6. The van der Waals surface area contributed by atoms with E-state index in [0.717, 1.165) is 68.3 Å². The maximum Gasteiger partial charge on any atom is 0.208 e. The Bertz CT molecular complexity index is 851. The van der Waals surface area contributed by atoms with E-state index in [-0.39, 0.29) is 6.04 Å². The predicted molar refractivity (Wildman–Crippen MR) is 118 cm³/mol. The number of likely N-dealkylation sites (tertiary alicyclic amines) is 1. The highest BCUT2D eigenvalue weighted by atomic mass is 16.5. The summed E-state index contributed by atoms with van der Waals surface area (Å²) < 4.78 is 11.5. The second-order valence-corrected chi connectivity index (χ2v) is 8.29. The Morgan fingerprint density at radius 2 is 2.00 bits per heavy atom. The summed E-state index contributed by atoms with van der Waals surface area (Å²) in [6, 6.07) is 8.48. The lowest BCUT2D eigenvalue weighted by Crippen LogP contribution is -2.44. The zero-order valence-electron chi connectivity index (χ0n) is 18.3. The van der Waals surface area contributed by atoms with Gasteiger partial charge in [0.25, 0.3) is 0 Å². The molecule has 0 saturated carbocycles. The SMILES string of the molecule is CN=C(NCC1CCN(Cc2nc(C)c(C)o2)CC1)NC1CCOc2ccccc21. The Labute approximate surface area is 178 Å². The first-order valence-corrected chi connectivity index (χ1v) is 11.0. The molecule has 2 N–H and O–H groups in total. The summed E-state index contributed by atoms with van der Waals surface area (Å²) in [5.41, 5.74) is 2.20. The molecular formula is C23H33N5O2. The van der Waals surface area contributed by atoms with Crippen molar-refractivity contribution in [2.24, 2.45) is 10.9 Å². The second-order valence-electron chi connectivity index (χ2n) is 8.29. The molecule has 0 radical (unpaired) electrons. The molecule has 7 heteroatoms. The summed E-state index contributed by atoms with van der Waals surface area (Å²) in [5.74, 6) is 4.25. The number of para-hydroxylation sites is 1. The van der Waals surface area contributed by atoms with Crippen molar-refractivity contribution in [1.82, 2.24) is 20.5 Å². The molecule has 0 aliphatic carbocycles. The Kier molecular flexibility index (Phi) is 6.57. The molecule has 2 aliphatic rings. The lowest BCUT2D eigenvalue weighted by molar-refractivity contribution is 0.164. The Hall–Kier alpha value is -2.54. The zero-order chi connectivity index (χ0) is 20.9. The molecule has 1 unspecified atom stereocenters. The van der Waals surface area contributed by atoms with Gasteiger partial charge in [0.1, 0.15) is 11.5 Å². The van der Waals surface area contributed by atoms with Gasteiger partial charge in [0.05, 0.1) is 24.9 Å². The molecule has 0 bridgehead atoms. The van der Waals surface area contributed by atoms with Crippen molar-refractivity contribution >= 4 is 5.96 Å².